The van der Waals surface area contributed by atoms with Crippen LogP contribution in [0.25, 0.3) is 0 Å². The molecule has 10 heteroatoms. The Bertz CT molecular complexity index is 1240. The van der Waals surface area contributed by atoms with Gasteiger partial charge in [-0.3, -0.25) is 5.10 Å². The first-order valence-electron chi connectivity index (χ1n) is 8.98. The van der Waals surface area contributed by atoms with Crippen LogP contribution in [0.1, 0.15) is 28.3 Å². The Kier molecular flexibility index (Phi) is 6.22. The standard InChI is InChI=1S/C21H14Br2Cl2N4O2/c1-9-17-18(12(7-26)20(27)31-21(17)29-28-9)11-5-13(22)19(14(23)6-11)30-8-10-2-3-15(24)16(25)4-10/h2-6,18H,8,27H2,1H3,(H,28,29)/t18-/m1/s1. The molecule has 3 N–H and O–H groups in total. The lowest BCUT2D eigenvalue weighted by atomic mass is 9.84. The van der Waals surface area contributed by atoms with Gasteiger partial charge in [0.25, 0.3) is 0 Å². The quantitative estimate of drug-likeness (QED) is 0.373. The molecule has 1 aromatic heterocycles. The van der Waals surface area contributed by atoms with Gasteiger partial charge < -0.3 is 15.2 Å². The van der Waals surface area contributed by atoms with Crippen LogP contribution in [0.5, 0.6) is 11.6 Å². The number of aromatic nitrogens is 2. The summed E-state index contributed by atoms with van der Waals surface area (Å²) in [5, 5.41) is 17.7. The van der Waals surface area contributed by atoms with Gasteiger partial charge in [0.05, 0.1) is 24.9 Å². The Morgan fingerprint density at radius 1 is 1.23 bits per heavy atom. The van der Waals surface area contributed by atoms with Crippen LogP contribution in [0.2, 0.25) is 10.0 Å². The third kappa shape index (κ3) is 4.15. The van der Waals surface area contributed by atoms with Crippen LogP contribution in [0, 0.1) is 18.3 Å². The van der Waals surface area contributed by atoms with Gasteiger partial charge in [-0.1, -0.05) is 29.3 Å². The first-order chi connectivity index (χ1) is 14.8. The molecule has 31 heavy (non-hydrogen) atoms. The van der Waals surface area contributed by atoms with Crippen molar-refractivity contribution in [1.29, 1.82) is 5.26 Å². The lowest BCUT2D eigenvalue weighted by Gasteiger charge is -2.24. The number of hydrogen-bond donors (Lipinski definition) is 2. The van der Waals surface area contributed by atoms with Crippen molar-refractivity contribution in [2.24, 2.45) is 5.73 Å². The SMILES string of the molecule is Cc1[nH]nc2c1[C@H](c1cc(Br)c(OCc3ccc(Cl)c(Cl)c3)c(Br)c1)C(C#N)=C(N)O2. The molecule has 1 atom stereocenters. The maximum Gasteiger partial charge on any atom is 0.244 e. The van der Waals surface area contributed by atoms with E-state index in [2.05, 4.69) is 48.1 Å². The summed E-state index contributed by atoms with van der Waals surface area (Å²) in [6, 6.07) is 11.3. The van der Waals surface area contributed by atoms with E-state index >= 15 is 0 Å². The number of aryl methyl sites for hydroxylation is 1. The number of aromatic amines is 1. The number of nitrogens with zero attached hydrogens (tertiary/aromatic N) is 2. The average Bonchev–Trinajstić information content (AvgIpc) is 3.08. The molecular weight excluding hydrogens is 571 g/mol. The van der Waals surface area contributed by atoms with E-state index in [1.165, 1.54) is 0 Å². The second-order valence-electron chi connectivity index (χ2n) is 6.84. The highest BCUT2D eigenvalue weighted by Crippen LogP contribution is 2.46. The van der Waals surface area contributed by atoms with E-state index in [1.807, 2.05) is 25.1 Å². The average molecular weight is 585 g/mol. The number of rotatable bonds is 4. The van der Waals surface area contributed by atoms with Gasteiger partial charge in [0, 0.05) is 11.3 Å². The second kappa shape index (κ2) is 8.75. The molecule has 1 aliphatic rings. The van der Waals surface area contributed by atoms with Crippen molar-refractivity contribution in [3.63, 3.8) is 0 Å². The molecule has 0 radical (unpaired) electrons. The summed E-state index contributed by atoms with van der Waals surface area (Å²) in [6.45, 7) is 2.17. The van der Waals surface area contributed by atoms with Crippen molar-refractivity contribution in [3.05, 3.63) is 83.2 Å². The number of nitrogens with one attached hydrogen (secondary N) is 1. The topological polar surface area (TPSA) is 97.0 Å². The highest BCUT2D eigenvalue weighted by atomic mass is 79.9. The Balaban J connectivity index is 1.69. The van der Waals surface area contributed by atoms with Gasteiger partial charge in [0.15, 0.2) is 0 Å². The van der Waals surface area contributed by atoms with Gasteiger partial charge in [-0.05, 0) is 74.2 Å². The number of hydrogen-bond acceptors (Lipinski definition) is 5. The molecule has 0 saturated heterocycles. The number of benzene rings is 2. The first-order valence-corrected chi connectivity index (χ1v) is 11.3. The number of H-pyrrole nitrogens is 1. The van der Waals surface area contributed by atoms with Gasteiger partial charge in [0.1, 0.15) is 24.0 Å². The van der Waals surface area contributed by atoms with E-state index in [0.29, 0.717) is 42.8 Å². The lowest BCUT2D eigenvalue weighted by Crippen LogP contribution is -2.21. The largest absolute Gasteiger partial charge is 0.487 e. The van der Waals surface area contributed by atoms with Crippen LogP contribution in [0.15, 0.2) is 50.7 Å². The van der Waals surface area contributed by atoms with Crippen LogP contribution in [-0.2, 0) is 6.61 Å². The molecule has 6 nitrogen and oxygen atoms in total. The zero-order valence-corrected chi connectivity index (χ0v) is 20.7. The zero-order chi connectivity index (χ0) is 22.3. The predicted octanol–water partition coefficient (Wildman–Crippen LogP) is 6.35. The van der Waals surface area contributed by atoms with Crippen LogP contribution in [0.3, 0.4) is 0 Å². The molecule has 0 bridgehead atoms. The van der Waals surface area contributed by atoms with Gasteiger partial charge in [0.2, 0.25) is 11.8 Å². The van der Waals surface area contributed by atoms with Crippen molar-refractivity contribution in [3.8, 4) is 17.7 Å². The second-order valence-corrected chi connectivity index (χ2v) is 9.37. The van der Waals surface area contributed by atoms with Crippen molar-refractivity contribution >= 4 is 55.1 Å². The number of fused-ring (bicyclic) bond motifs is 1. The molecular formula is C21H14Br2Cl2N4O2. The molecule has 2 aromatic carbocycles. The summed E-state index contributed by atoms with van der Waals surface area (Å²) in [4.78, 5) is 0. The van der Waals surface area contributed by atoms with E-state index in [4.69, 9.17) is 38.4 Å². The minimum Gasteiger partial charge on any atom is -0.487 e. The molecule has 0 unspecified atom stereocenters. The third-order valence-electron chi connectivity index (χ3n) is 4.85. The smallest absolute Gasteiger partial charge is 0.244 e. The number of halogens is 4. The monoisotopic (exact) mass is 582 g/mol. The number of nitriles is 1. The summed E-state index contributed by atoms with van der Waals surface area (Å²) >= 11 is 19.2. The number of ether oxygens (including phenoxy) is 2. The molecule has 0 aliphatic carbocycles. The van der Waals surface area contributed by atoms with Crippen molar-refractivity contribution < 1.29 is 9.47 Å². The minimum absolute atomic E-state index is 0.0405. The summed E-state index contributed by atoms with van der Waals surface area (Å²) < 4.78 is 12.9. The molecule has 0 saturated carbocycles. The van der Waals surface area contributed by atoms with Gasteiger partial charge in [-0.25, -0.2) is 0 Å². The summed E-state index contributed by atoms with van der Waals surface area (Å²) in [6.07, 6.45) is 0. The fourth-order valence-corrected chi connectivity index (χ4v) is 5.17. The molecule has 3 aromatic rings. The minimum atomic E-state index is -0.427. The van der Waals surface area contributed by atoms with Crippen molar-refractivity contribution in [2.45, 2.75) is 19.4 Å². The Labute approximate surface area is 205 Å². The normalized spacial score (nSPS) is 15.3. The maximum atomic E-state index is 9.73. The summed E-state index contributed by atoms with van der Waals surface area (Å²) in [5.41, 5.74) is 9.59. The molecule has 4 rings (SSSR count). The number of nitrogens with two attached hydrogens (primary N) is 1. The van der Waals surface area contributed by atoms with Gasteiger partial charge >= 0.3 is 0 Å². The van der Waals surface area contributed by atoms with Crippen LogP contribution < -0.4 is 15.2 Å². The predicted molar refractivity (Wildman–Crippen MR) is 125 cm³/mol. The van der Waals surface area contributed by atoms with Crippen LogP contribution >= 0.6 is 55.1 Å². The summed E-state index contributed by atoms with van der Waals surface area (Å²) in [5.74, 6) is 0.593. The maximum absolute atomic E-state index is 9.73. The van der Waals surface area contributed by atoms with Crippen molar-refractivity contribution in [2.75, 3.05) is 0 Å². The van der Waals surface area contributed by atoms with Crippen LogP contribution in [0.4, 0.5) is 0 Å². The van der Waals surface area contributed by atoms with E-state index in [-0.39, 0.29) is 5.88 Å². The fourth-order valence-electron chi connectivity index (χ4n) is 3.40. The third-order valence-corrected chi connectivity index (χ3v) is 6.77. The Hall–Kier alpha value is -2.18. The summed E-state index contributed by atoms with van der Waals surface area (Å²) in [7, 11) is 0. The lowest BCUT2D eigenvalue weighted by molar-refractivity contribution is 0.302. The molecule has 0 amide bonds. The van der Waals surface area contributed by atoms with Crippen molar-refractivity contribution in [1.82, 2.24) is 10.2 Å². The van der Waals surface area contributed by atoms with Crippen LogP contribution in [-0.4, -0.2) is 10.2 Å². The Morgan fingerprint density at radius 2 is 1.94 bits per heavy atom. The first kappa shape index (κ1) is 22.0. The molecule has 2 heterocycles. The number of allylic oxidation sites excluding steroid dienone is 1. The fraction of sp³-hybridized carbons (Fsp3) is 0.143. The van der Waals surface area contributed by atoms with Gasteiger partial charge in [-0.2, -0.15) is 5.26 Å². The Morgan fingerprint density at radius 3 is 2.58 bits per heavy atom. The van der Waals surface area contributed by atoms with E-state index in [9.17, 15) is 5.26 Å². The highest BCUT2D eigenvalue weighted by Gasteiger charge is 2.34. The highest BCUT2D eigenvalue weighted by molar-refractivity contribution is 9.11. The van der Waals surface area contributed by atoms with E-state index in [0.717, 1.165) is 22.4 Å². The van der Waals surface area contributed by atoms with Gasteiger partial charge in [-0.15, -0.1) is 5.10 Å². The van der Waals surface area contributed by atoms with E-state index in [1.54, 1.807) is 12.1 Å². The molecule has 0 spiro atoms. The molecule has 0 fully saturated rings. The zero-order valence-electron chi connectivity index (χ0n) is 16.0. The molecule has 158 valence electrons. The van der Waals surface area contributed by atoms with E-state index < -0.39 is 5.92 Å². The molecule has 1 aliphatic heterocycles.